The Balaban J connectivity index is 0.000000720. The van der Waals surface area contributed by atoms with Crippen molar-refractivity contribution in [2.24, 2.45) is 0 Å². The maximum atomic E-state index is 2.24. The predicted molar refractivity (Wildman–Crippen MR) is 52.1 cm³/mol. The van der Waals surface area contributed by atoms with Crippen LogP contribution in [-0.4, -0.2) is 32.8 Å². The molecule has 60 valence electrons. The first kappa shape index (κ1) is 9.05. The summed E-state index contributed by atoms with van der Waals surface area (Å²) < 4.78 is 2.24. The van der Waals surface area contributed by atoms with E-state index in [4.69, 9.17) is 0 Å². The monoisotopic (exact) mass is 157 g/mol. The molecule has 2 rings (SSSR count). The van der Waals surface area contributed by atoms with Gasteiger partial charge in [-0.3, -0.25) is 0 Å². The SMILES string of the molecule is C[N+]1=Cc2ccccc2CC1.[B-]. The Labute approximate surface area is 75.3 Å². The Kier molecular flexibility index (Phi) is 2.69. The van der Waals surface area contributed by atoms with Crippen molar-refractivity contribution < 1.29 is 4.58 Å². The van der Waals surface area contributed by atoms with E-state index in [9.17, 15) is 0 Å². The molecule has 0 spiro atoms. The Morgan fingerprint density at radius 2 is 2.00 bits per heavy atom. The fraction of sp³-hybridized carbons (Fsp3) is 0.300. The average Bonchev–Trinajstić information content (AvgIpc) is 2.04. The zero-order valence-corrected chi connectivity index (χ0v) is 7.33. The molecular weight excluding hydrogens is 145 g/mol. The smallest absolute Gasteiger partial charge is 0.170 e. The molecule has 1 aliphatic rings. The van der Waals surface area contributed by atoms with Gasteiger partial charge in [0.15, 0.2) is 6.21 Å². The van der Waals surface area contributed by atoms with Crippen molar-refractivity contribution in [2.45, 2.75) is 6.42 Å². The first-order chi connectivity index (χ1) is 5.36. The van der Waals surface area contributed by atoms with Gasteiger partial charge in [0.25, 0.3) is 0 Å². The van der Waals surface area contributed by atoms with Gasteiger partial charge in [-0.05, 0) is 11.6 Å². The van der Waals surface area contributed by atoms with Crippen LogP contribution in [0, 0.1) is 0 Å². The topological polar surface area (TPSA) is 3.01 Å². The van der Waals surface area contributed by atoms with E-state index in [2.05, 4.69) is 42.1 Å². The van der Waals surface area contributed by atoms with Crippen molar-refractivity contribution in [3.8, 4) is 0 Å². The lowest BCUT2D eigenvalue weighted by Gasteiger charge is -2.08. The van der Waals surface area contributed by atoms with Crippen LogP contribution in [-0.2, 0) is 6.42 Å². The summed E-state index contributed by atoms with van der Waals surface area (Å²) in [5.74, 6) is 0. The van der Waals surface area contributed by atoms with Crippen molar-refractivity contribution in [2.75, 3.05) is 13.6 Å². The highest BCUT2D eigenvalue weighted by Crippen LogP contribution is 2.09. The Bertz CT molecular complexity index is 304. The predicted octanol–water partition coefficient (Wildman–Crippen LogP) is 0.923. The molecule has 0 aromatic heterocycles. The standard InChI is InChI=1S/C10H12N.B/c1-11-7-6-9-4-2-3-5-10(9)8-11;/h2-5,8H,6-7H2,1H3;/q+1;-1. The number of hydrogen-bond donors (Lipinski definition) is 0. The third-order valence-electron chi connectivity index (χ3n) is 2.15. The van der Waals surface area contributed by atoms with Crippen molar-refractivity contribution in [1.29, 1.82) is 0 Å². The number of benzene rings is 1. The summed E-state index contributed by atoms with van der Waals surface area (Å²) in [6.45, 7) is 1.15. The molecule has 0 amide bonds. The third-order valence-corrected chi connectivity index (χ3v) is 2.15. The molecule has 4 radical (unpaired) electrons. The van der Waals surface area contributed by atoms with Gasteiger partial charge in [0.1, 0.15) is 13.6 Å². The van der Waals surface area contributed by atoms with Crippen LogP contribution in [0.1, 0.15) is 11.1 Å². The maximum absolute atomic E-state index is 2.24. The normalized spacial score (nSPS) is 14.2. The number of fused-ring (bicyclic) bond motifs is 1. The van der Waals surface area contributed by atoms with E-state index >= 15 is 0 Å². The lowest BCUT2D eigenvalue weighted by Crippen LogP contribution is -2.18. The van der Waals surface area contributed by atoms with E-state index in [1.165, 1.54) is 17.5 Å². The van der Waals surface area contributed by atoms with E-state index in [0.717, 1.165) is 6.54 Å². The molecule has 1 nitrogen and oxygen atoms in total. The first-order valence-electron chi connectivity index (χ1n) is 3.99. The summed E-state index contributed by atoms with van der Waals surface area (Å²) in [6.07, 6.45) is 3.39. The fourth-order valence-electron chi connectivity index (χ4n) is 1.49. The molecule has 2 heteroatoms. The highest BCUT2D eigenvalue weighted by Gasteiger charge is 2.10. The number of likely N-dealkylation sites (N-methyl/N-ethyl adjacent to an activating group) is 1. The average molecular weight is 157 g/mol. The highest BCUT2D eigenvalue weighted by atomic mass is 15.0. The van der Waals surface area contributed by atoms with Gasteiger partial charge in [0, 0.05) is 12.0 Å². The summed E-state index contributed by atoms with van der Waals surface area (Å²) >= 11 is 0. The molecule has 0 bridgehead atoms. The molecule has 0 unspecified atom stereocenters. The van der Waals surface area contributed by atoms with Gasteiger partial charge < -0.3 is 8.41 Å². The molecule has 1 heterocycles. The van der Waals surface area contributed by atoms with Crippen LogP contribution in [0.5, 0.6) is 0 Å². The second kappa shape index (κ2) is 3.57. The number of nitrogens with zero attached hydrogens (tertiary/aromatic N) is 1. The van der Waals surface area contributed by atoms with Crippen LogP contribution in [0.25, 0.3) is 0 Å². The van der Waals surface area contributed by atoms with E-state index in [0.29, 0.717) is 0 Å². The van der Waals surface area contributed by atoms with Crippen LogP contribution in [0.2, 0.25) is 0 Å². The molecule has 0 saturated carbocycles. The third kappa shape index (κ3) is 1.58. The zero-order chi connectivity index (χ0) is 7.68. The minimum absolute atomic E-state index is 0. The quantitative estimate of drug-likeness (QED) is 0.389. The molecule has 1 aliphatic heterocycles. The molecule has 12 heavy (non-hydrogen) atoms. The van der Waals surface area contributed by atoms with Gasteiger partial charge in [0.05, 0.1) is 0 Å². The summed E-state index contributed by atoms with van der Waals surface area (Å²) in [6, 6.07) is 8.58. The number of hydrogen-bond acceptors (Lipinski definition) is 0. The van der Waals surface area contributed by atoms with Crippen LogP contribution >= 0.6 is 0 Å². The second-order valence-electron chi connectivity index (χ2n) is 3.06. The minimum Gasteiger partial charge on any atom is -1.00 e. The van der Waals surface area contributed by atoms with Gasteiger partial charge >= 0.3 is 0 Å². The van der Waals surface area contributed by atoms with E-state index in [1.807, 2.05) is 0 Å². The largest absolute Gasteiger partial charge is 1.00 e. The van der Waals surface area contributed by atoms with Crippen molar-refractivity contribution in [1.82, 2.24) is 0 Å². The van der Waals surface area contributed by atoms with Crippen molar-refractivity contribution in [3.63, 3.8) is 0 Å². The van der Waals surface area contributed by atoms with Crippen LogP contribution in [0.3, 0.4) is 0 Å². The molecule has 0 saturated heterocycles. The summed E-state index contributed by atoms with van der Waals surface area (Å²) in [5.41, 5.74) is 2.85. The van der Waals surface area contributed by atoms with Gasteiger partial charge in [-0.1, -0.05) is 18.2 Å². The van der Waals surface area contributed by atoms with Gasteiger partial charge in [0.2, 0.25) is 0 Å². The Morgan fingerprint density at radius 1 is 1.25 bits per heavy atom. The fourth-order valence-corrected chi connectivity index (χ4v) is 1.49. The minimum atomic E-state index is 0. The first-order valence-corrected chi connectivity index (χ1v) is 3.99. The molecule has 0 aliphatic carbocycles. The molecule has 0 fully saturated rings. The Morgan fingerprint density at radius 3 is 2.83 bits per heavy atom. The maximum Gasteiger partial charge on any atom is 0.170 e. The van der Waals surface area contributed by atoms with E-state index in [1.54, 1.807) is 0 Å². The van der Waals surface area contributed by atoms with Crippen LogP contribution in [0.15, 0.2) is 24.3 Å². The van der Waals surface area contributed by atoms with Gasteiger partial charge in [-0.25, -0.2) is 4.58 Å². The lowest BCUT2D eigenvalue weighted by molar-refractivity contribution is -0.493. The summed E-state index contributed by atoms with van der Waals surface area (Å²) in [4.78, 5) is 0. The summed E-state index contributed by atoms with van der Waals surface area (Å²) in [5, 5.41) is 0. The molecule has 0 N–H and O–H groups in total. The van der Waals surface area contributed by atoms with Gasteiger partial charge in [-0.15, -0.1) is 0 Å². The Hall–Kier alpha value is -1.05. The van der Waals surface area contributed by atoms with Crippen LogP contribution in [0.4, 0.5) is 0 Å². The van der Waals surface area contributed by atoms with Crippen molar-refractivity contribution in [3.05, 3.63) is 35.4 Å². The van der Waals surface area contributed by atoms with Crippen LogP contribution < -0.4 is 0 Å². The number of rotatable bonds is 0. The van der Waals surface area contributed by atoms with E-state index in [-0.39, 0.29) is 8.41 Å². The second-order valence-corrected chi connectivity index (χ2v) is 3.06. The molecule has 0 atom stereocenters. The lowest BCUT2D eigenvalue weighted by atomic mass is 10.0. The highest BCUT2D eigenvalue weighted by molar-refractivity contribution is 5.78. The molecule has 1 aromatic carbocycles. The zero-order valence-electron chi connectivity index (χ0n) is 7.33. The molecule has 1 aromatic rings. The van der Waals surface area contributed by atoms with Gasteiger partial charge in [-0.2, -0.15) is 0 Å². The molecular formula is C10H12BN. The van der Waals surface area contributed by atoms with E-state index < -0.39 is 0 Å². The van der Waals surface area contributed by atoms with Crippen molar-refractivity contribution >= 4 is 14.6 Å². The summed E-state index contributed by atoms with van der Waals surface area (Å²) in [7, 11) is 2.12.